The van der Waals surface area contributed by atoms with E-state index in [1.54, 1.807) is 0 Å². The number of fused-ring (bicyclic) bond motifs is 1. The van der Waals surface area contributed by atoms with Crippen molar-refractivity contribution in [3.05, 3.63) is 0 Å². The second kappa shape index (κ2) is 4.24. The Morgan fingerprint density at radius 2 is 2.00 bits per heavy atom. The summed E-state index contributed by atoms with van der Waals surface area (Å²) in [7, 11) is 0. The summed E-state index contributed by atoms with van der Waals surface area (Å²) in [6.07, 6.45) is 7.01. The maximum absolute atomic E-state index is 11.8. The van der Waals surface area contributed by atoms with Gasteiger partial charge in [-0.25, -0.2) is 4.79 Å². The lowest BCUT2D eigenvalue weighted by Crippen LogP contribution is -2.37. The van der Waals surface area contributed by atoms with Crippen molar-refractivity contribution in [3.63, 3.8) is 0 Å². The smallest absolute Gasteiger partial charge is 0.411 e. The molecule has 0 radical (unpaired) electrons. The molecule has 2 aliphatic heterocycles. The summed E-state index contributed by atoms with van der Waals surface area (Å²) < 4.78 is 5.51. The second-order valence-corrected chi connectivity index (χ2v) is 5.27. The van der Waals surface area contributed by atoms with Gasteiger partial charge in [-0.2, -0.15) is 0 Å². The minimum absolute atomic E-state index is 0.0246. The highest BCUT2D eigenvalue weighted by Crippen LogP contribution is 2.35. The molecule has 0 aromatic rings. The quantitative estimate of drug-likeness (QED) is 0.737. The largest absolute Gasteiger partial charge is 0.430 e. The van der Waals surface area contributed by atoms with Gasteiger partial charge >= 0.3 is 6.09 Å². The molecular weight excluding hydrogens is 204 g/mol. The van der Waals surface area contributed by atoms with Crippen molar-refractivity contribution in [2.45, 2.75) is 50.8 Å². The van der Waals surface area contributed by atoms with Crippen molar-refractivity contribution in [3.8, 4) is 0 Å². The molecule has 0 aromatic carbocycles. The summed E-state index contributed by atoms with van der Waals surface area (Å²) in [5, 5.41) is 3.44. The number of nitrogens with one attached hydrogen (secondary N) is 1. The van der Waals surface area contributed by atoms with Crippen LogP contribution in [0.3, 0.4) is 0 Å². The Labute approximate surface area is 96.3 Å². The van der Waals surface area contributed by atoms with E-state index < -0.39 is 0 Å². The van der Waals surface area contributed by atoms with Crippen LogP contribution in [0.5, 0.6) is 0 Å². The Balaban J connectivity index is 1.50. The van der Waals surface area contributed by atoms with Crippen LogP contribution in [0.2, 0.25) is 0 Å². The van der Waals surface area contributed by atoms with Crippen LogP contribution >= 0.6 is 0 Å². The van der Waals surface area contributed by atoms with Gasteiger partial charge in [0.1, 0.15) is 0 Å². The number of carbonyl (C=O) groups is 1. The molecule has 4 nitrogen and oxygen atoms in total. The summed E-state index contributed by atoms with van der Waals surface area (Å²) in [4.78, 5) is 13.6. The topological polar surface area (TPSA) is 41.6 Å². The van der Waals surface area contributed by atoms with Crippen molar-refractivity contribution in [1.29, 1.82) is 0 Å². The molecule has 16 heavy (non-hydrogen) atoms. The van der Waals surface area contributed by atoms with Crippen LogP contribution in [0.25, 0.3) is 0 Å². The minimum atomic E-state index is -0.116. The first kappa shape index (κ1) is 10.4. The molecule has 0 bridgehead atoms. The maximum Gasteiger partial charge on any atom is 0.411 e. The predicted octanol–water partition coefficient (Wildman–Crippen LogP) is 1.71. The molecule has 0 aromatic heterocycles. The van der Waals surface area contributed by atoms with Crippen LogP contribution in [-0.2, 0) is 4.74 Å². The van der Waals surface area contributed by atoms with Gasteiger partial charge in [-0.15, -0.1) is 0 Å². The average molecular weight is 224 g/mol. The van der Waals surface area contributed by atoms with E-state index in [0.717, 1.165) is 38.3 Å². The number of hydrogen-bond donors (Lipinski definition) is 1. The molecule has 3 rings (SSSR count). The molecule has 4 heteroatoms. The SMILES string of the molecule is O=C(O[C@H]1C[C@@H]2CCC[C@@H]2N1)N1CCCC1. The van der Waals surface area contributed by atoms with E-state index in [0.29, 0.717) is 6.04 Å². The summed E-state index contributed by atoms with van der Waals surface area (Å²) >= 11 is 0. The molecule has 3 fully saturated rings. The van der Waals surface area contributed by atoms with E-state index in [1.165, 1.54) is 19.3 Å². The number of rotatable bonds is 1. The molecule has 90 valence electrons. The van der Waals surface area contributed by atoms with Crippen molar-refractivity contribution < 1.29 is 9.53 Å². The van der Waals surface area contributed by atoms with Gasteiger partial charge in [-0.1, -0.05) is 6.42 Å². The molecule has 1 N–H and O–H groups in total. The number of carbonyl (C=O) groups excluding carboxylic acids is 1. The fourth-order valence-electron chi connectivity index (χ4n) is 3.30. The molecule has 1 saturated carbocycles. The van der Waals surface area contributed by atoms with Crippen molar-refractivity contribution in [1.82, 2.24) is 10.2 Å². The molecule has 0 unspecified atom stereocenters. The average Bonchev–Trinajstić information content (AvgIpc) is 2.91. The highest BCUT2D eigenvalue weighted by Gasteiger charge is 2.39. The van der Waals surface area contributed by atoms with Gasteiger partial charge in [0.05, 0.1) is 0 Å². The summed E-state index contributed by atoms with van der Waals surface area (Å²) in [5.74, 6) is 0.747. The number of ether oxygens (including phenoxy) is 1. The van der Waals surface area contributed by atoms with Gasteiger partial charge in [0, 0.05) is 25.6 Å². The molecule has 2 saturated heterocycles. The number of amides is 1. The van der Waals surface area contributed by atoms with E-state index in [2.05, 4.69) is 5.32 Å². The molecule has 3 atom stereocenters. The van der Waals surface area contributed by atoms with Crippen LogP contribution in [-0.4, -0.2) is 36.4 Å². The summed E-state index contributed by atoms with van der Waals surface area (Å²) in [6.45, 7) is 1.75. The molecule has 1 amide bonds. The molecule has 2 heterocycles. The Morgan fingerprint density at radius 3 is 2.75 bits per heavy atom. The van der Waals surface area contributed by atoms with Gasteiger partial charge in [-0.05, 0) is 31.6 Å². The van der Waals surface area contributed by atoms with Crippen LogP contribution < -0.4 is 5.32 Å². The highest BCUT2D eigenvalue weighted by atomic mass is 16.6. The lowest BCUT2D eigenvalue weighted by atomic mass is 10.0. The third-order valence-electron chi connectivity index (χ3n) is 4.18. The Bertz CT molecular complexity index is 264. The van der Waals surface area contributed by atoms with Crippen LogP contribution in [0.4, 0.5) is 4.79 Å². The van der Waals surface area contributed by atoms with Gasteiger partial charge in [0.15, 0.2) is 6.23 Å². The van der Waals surface area contributed by atoms with Gasteiger partial charge in [0.25, 0.3) is 0 Å². The van der Waals surface area contributed by atoms with Gasteiger partial charge in [0.2, 0.25) is 0 Å². The third kappa shape index (κ3) is 1.90. The Kier molecular flexibility index (Phi) is 2.75. The fourth-order valence-corrected chi connectivity index (χ4v) is 3.30. The van der Waals surface area contributed by atoms with Gasteiger partial charge < -0.3 is 9.64 Å². The molecular formula is C12H20N2O2. The Hall–Kier alpha value is -0.770. The fraction of sp³-hybridized carbons (Fsp3) is 0.917. The summed E-state index contributed by atoms with van der Waals surface area (Å²) in [6, 6.07) is 0.608. The molecule has 1 aliphatic carbocycles. The van der Waals surface area contributed by atoms with Crippen LogP contribution in [0, 0.1) is 5.92 Å². The normalized spacial score (nSPS) is 37.8. The van der Waals surface area contributed by atoms with E-state index in [1.807, 2.05) is 4.90 Å². The lowest BCUT2D eigenvalue weighted by molar-refractivity contribution is 0.0578. The van der Waals surface area contributed by atoms with E-state index in [-0.39, 0.29) is 12.3 Å². The van der Waals surface area contributed by atoms with Crippen molar-refractivity contribution in [2.24, 2.45) is 5.92 Å². The monoisotopic (exact) mass is 224 g/mol. The first-order chi connectivity index (χ1) is 7.83. The third-order valence-corrected chi connectivity index (χ3v) is 4.18. The van der Waals surface area contributed by atoms with Crippen molar-refractivity contribution in [2.75, 3.05) is 13.1 Å². The van der Waals surface area contributed by atoms with E-state index in [9.17, 15) is 4.79 Å². The highest BCUT2D eigenvalue weighted by molar-refractivity contribution is 5.68. The van der Waals surface area contributed by atoms with Gasteiger partial charge in [-0.3, -0.25) is 5.32 Å². The number of nitrogens with zero attached hydrogens (tertiary/aromatic N) is 1. The zero-order valence-electron chi connectivity index (χ0n) is 9.65. The van der Waals surface area contributed by atoms with E-state index >= 15 is 0 Å². The molecule has 0 spiro atoms. The van der Waals surface area contributed by atoms with E-state index in [4.69, 9.17) is 4.74 Å². The predicted molar refractivity (Wildman–Crippen MR) is 60.0 cm³/mol. The Morgan fingerprint density at radius 1 is 1.19 bits per heavy atom. The standard InChI is InChI=1S/C12H20N2O2/c15-12(14-6-1-2-7-14)16-11-8-9-4-3-5-10(9)13-11/h9-11,13H,1-8H2/t9-,10-,11-/m0/s1. The first-order valence-corrected chi connectivity index (χ1v) is 6.54. The minimum Gasteiger partial charge on any atom is -0.430 e. The zero-order chi connectivity index (χ0) is 11.0. The number of likely N-dealkylation sites (tertiary alicyclic amines) is 1. The van der Waals surface area contributed by atoms with Crippen LogP contribution in [0.1, 0.15) is 38.5 Å². The second-order valence-electron chi connectivity index (χ2n) is 5.27. The molecule has 3 aliphatic rings. The first-order valence-electron chi connectivity index (χ1n) is 6.54. The van der Waals surface area contributed by atoms with Crippen molar-refractivity contribution >= 4 is 6.09 Å². The lowest BCUT2D eigenvalue weighted by Gasteiger charge is -2.19. The number of hydrogen-bond acceptors (Lipinski definition) is 3. The maximum atomic E-state index is 11.8. The zero-order valence-corrected chi connectivity index (χ0v) is 9.65. The summed E-state index contributed by atoms with van der Waals surface area (Å²) in [5.41, 5.74) is 0. The van der Waals surface area contributed by atoms with Crippen LogP contribution in [0.15, 0.2) is 0 Å².